The van der Waals surface area contributed by atoms with E-state index in [9.17, 15) is 4.39 Å². The van der Waals surface area contributed by atoms with Gasteiger partial charge in [0, 0.05) is 6.07 Å². The van der Waals surface area contributed by atoms with E-state index >= 15 is 0 Å². The third kappa shape index (κ3) is 4.20. The number of methoxy groups -OCH3 is 1. The summed E-state index contributed by atoms with van der Waals surface area (Å²) >= 11 is 0. The summed E-state index contributed by atoms with van der Waals surface area (Å²) in [6.45, 7) is 2.38. The van der Waals surface area contributed by atoms with Crippen LogP contribution in [0.15, 0.2) is 18.2 Å². The molecule has 150 valence electrons. The van der Waals surface area contributed by atoms with Crippen LogP contribution in [-0.4, -0.2) is 7.11 Å². The second-order valence-electron chi connectivity index (χ2n) is 9.68. The topological polar surface area (TPSA) is 9.23 Å². The van der Waals surface area contributed by atoms with E-state index in [1.165, 1.54) is 57.8 Å². The lowest BCUT2D eigenvalue weighted by atomic mass is 9.60. The van der Waals surface area contributed by atoms with Crippen molar-refractivity contribution in [1.82, 2.24) is 0 Å². The lowest BCUT2D eigenvalue weighted by molar-refractivity contribution is 0.0628. The lowest BCUT2D eigenvalue weighted by Gasteiger charge is -2.45. The zero-order valence-corrected chi connectivity index (χ0v) is 17.3. The zero-order chi connectivity index (χ0) is 18.8. The van der Waals surface area contributed by atoms with Crippen LogP contribution in [0.5, 0.6) is 5.75 Å². The van der Waals surface area contributed by atoms with Gasteiger partial charge < -0.3 is 4.74 Å². The minimum absolute atomic E-state index is 0.0778. The van der Waals surface area contributed by atoms with Gasteiger partial charge in [-0.1, -0.05) is 25.8 Å². The average molecular weight is 373 g/mol. The maximum Gasteiger partial charge on any atom is 0.130 e. The quantitative estimate of drug-likeness (QED) is 0.537. The number of hydrogen-bond donors (Lipinski definition) is 0. The molecule has 4 unspecified atom stereocenters. The van der Waals surface area contributed by atoms with Crippen LogP contribution in [0, 0.1) is 35.4 Å². The Balaban J connectivity index is 1.31. The van der Waals surface area contributed by atoms with Crippen molar-refractivity contribution in [3.05, 3.63) is 29.6 Å². The summed E-state index contributed by atoms with van der Waals surface area (Å²) in [7, 11) is 1.60. The van der Waals surface area contributed by atoms with Gasteiger partial charge in [0.05, 0.1) is 7.11 Å². The van der Waals surface area contributed by atoms with Gasteiger partial charge in [-0.05, 0) is 105 Å². The van der Waals surface area contributed by atoms with Gasteiger partial charge >= 0.3 is 0 Å². The van der Waals surface area contributed by atoms with Crippen molar-refractivity contribution in [2.24, 2.45) is 29.6 Å². The van der Waals surface area contributed by atoms with Gasteiger partial charge in [0.25, 0.3) is 0 Å². The molecule has 27 heavy (non-hydrogen) atoms. The molecular weight excluding hydrogens is 335 g/mol. The van der Waals surface area contributed by atoms with Crippen LogP contribution in [0.2, 0.25) is 0 Å². The minimum atomic E-state index is -0.0778. The monoisotopic (exact) mass is 372 g/mol. The van der Waals surface area contributed by atoms with E-state index in [1.54, 1.807) is 13.2 Å². The van der Waals surface area contributed by atoms with Crippen molar-refractivity contribution in [3.63, 3.8) is 0 Å². The summed E-state index contributed by atoms with van der Waals surface area (Å²) in [6.07, 6.45) is 15.2. The SMILES string of the molecule is CCC1CCC2CC(C3CCC(c4ccc(OC)cc4F)CC3)CCC2C1. The van der Waals surface area contributed by atoms with Crippen LogP contribution < -0.4 is 4.74 Å². The van der Waals surface area contributed by atoms with E-state index in [4.69, 9.17) is 4.74 Å². The van der Waals surface area contributed by atoms with Crippen molar-refractivity contribution in [2.45, 2.75) is 83.5 Å². The Morgan fingerprint density at radius 3 is 2.15 bits per heavy atom. The Labute approximate surface area is 165 Å². The van der Waals surface area contributed by atoms with Crippen LogP contribution >= 0.6 is 0 Å². The highest BCUT2D eigenvalue weighted by molar-refractivity contribution is 5.31. The molecule has 0 N–H and O–H groups in total. The number of halogens is 1. The molecule has 0 bridgehead atoms. The fraction of sp³-hybridized carbons (Fsp3) is 0.760. The van der Waals surface area contributed by atoms with Crippen molar-refractivity contribution in [1.29, 1.82) is 0 Å². The van der Waals surface area contributed by atoms with Gasteiger partial charge in [0.15, 0.2) is 0 Å². The maximum absolute atomic E-state index is 14.4. The van der Waals surface area contributed by atoms with E-state index in [-0.39, 0.29) is 5.82 Å². The Bertz CT molecular complexity index is 619. The molecule has 0 aromatic heterocycles. The molecule has 3 aliphatic carbocycles. The summed E-state index contributed by atoms with van der Waals surface area (Å²) in [4.78, 5) is 0. The molecule has 0 radical (unpaired) electrons. The molecule has 0 heterocycles. The first kappa shape index (κ1) is 19.3. The summed E-state index contributed by atoms with van der Waals surface area (Å²) in [5, 5.41) is 0. The van der Waals surface area contributed by atoms with E-state index in [1.807, 2.05) is 12.1 Å². The summed E-state index contributed by atoms with van der Waals surface area (Å²) in [5.41, 5.74) is 0.913. The standard InChI is InChI=1S/C25H37FO/c1-3-17-4-5-22-15-21(11-10-20(22)14-17)18-6-8-19(9-7-18)24-13-12-23(27-2)16-25(24)26/h12-13,16-22H,3-11,14-15H2,1-2H3. The first-order valence-electron chi connectivity index (χ1n) is 11.5. The molecule has 0 spiro atoms. The normalized spacial score (nSPS) is 36.9. The number of fused-ring (bicyclic) bond motifs is 1. The number of ether oxygens (including phenoxy) is 1. The largest absolute Gasteiger partial charge is 0.497 e. The van der Waals surface area contributed by atoms with Crippen molar-refractivity contribution in [3.8, 4) is 5.75 Å². The minimum Gasteiger partial charge on any atom is -0.497 e. The van der Waals surface area contributed by atoms with Gasteiger partial charge in [0.2, 0.25) is 0 Å². The van der Waals surface area contributed by atoms with Gasteiger partial charge in [-0.3, -0.25) is 0 Å². The van der Waals surface area contributed by atoms with Crippen LogP contribution in [0.3, 0.4) is 0 Å². The first-order valence-corrected chi connectivity index (χ1v) is 11.5. The Kier molecular flexibility index (Phi) is 6.09. The number of rotatable bonds is 4. The molecule has 0 saturated heterocycles. The van der Waals surface area contributed by atoms with Crippen molar-refractivity contribution >= 4 is 0 Å². The molecule has 4 rings (SSSR count). The maximum atomic E-state index is 14.4. The van der Waals surface area contributed by atoms with Crippen LogP contribution in [0.25, 0.3) is 0 Å². The molecule has 1 aromatic rings. The van der Waals surface area contributed by atoms with E-state index in [2.05, 4.69) is 6.92 Å². The third-order valence-corrected chi connectivity index (χ3v) is 8.43. The molecule has 4 atom stereocenters. The summed E-state index contributed by atoms with van der Waals surface area (Å²) in [6, 6.07) is 5.42. The summed E-state index contributed by atoms with van der Waals surface area (Å²) in [5.74, 6) is 5.86. The highest BCUT2D eigenvalue weighted by atomic mass is 19.1. The molecule has 0 amide bonds. The number of hydrogen-bond acceptors (Lipinski definition) is 1. The molecule has 1 aromatic carbocycles. The van der Waals surface area contributed by atoms with Crippen molar-refractivity contribution < 1.29 is 9.13 Å². The molecule has 3 aliphatic rings. The third-order valence-electron chi connectivity index (χ3n) is 8.43. The van der Waals surface area contributed by atoms with Gasteiger partial charge in [-0.25, -0.2) is 4.39 Å². The van der Waals surface area contributed by atoms with Gasteiger partial charge in [0.1, 0.15) is 11.6 Å². The smallest absolute Gasteiger partial charge is 0.130 e. The fourth-order valence-electron chi connectivity index (χ4n) is 6.69. The first-order chi connectivity index (χ1) is 13.2. The Morgan fingerprint density at radius 2 is 1.48 bits per heavy atom. The number of benzene rings is 1. The van der Waals surface area contributed by atoms with Crippen LogP contribution in [0.1, 0.15) is 89.0 Å². The predicted octanol–water partition coefficient (Wildman–Crippen LogP) is 7.35. The van der Waals surface area contributed by atoms with E-state index in [0.29, 0.717) is 11.7 Å². The Morgan fingerprint density at radius 1 is 0.852 bits per heavy atom. The Hall–Kier alpha value is -1.05. The second-order valence-corrected chi connectivity index (χ2v) is 9.68. The highest BCUT2D eigenvalue weighted by Crippen LogP contribution is 2.50. The zero-order valence-electron chi connectivity index (χ0n) is 17.3. The van der Waals surface area contributed by atoms with E-state index < -0.39 is 0 Å². The average Bonchev–Trinajstić information content (AvgIpc) is 2.73. The summed E-state index contributed by atoms with van der Waals surface area (Å²) < 4.78 is 19.6. The molecule has 3 fully saturated rings. The van der Waals surface area contributed by atoms with Crippen molar-refractivity contribution in [2.75, 3.05) is 7.11 Å². The van der Waals surface area contributed by atoms with Gasteiger partial charge in [-0.2, -0.15) is 0 Å². The molecule has 3 saturated carbocycles. The van der Waals surface area contributed by atoms with E-state index in [0.717, 1.165) is 48.0 Å². The lowest BCUT2D eigenvalue weighted by Crippen LogP contribution is -2.34. The predicted molar refractivity (Wildman–Crippen MR) is 110 cm³/mol. The van der Waals surface area contributed by atoms with Gasteiger partial charge in [-0.15, -0.1) is 0 Å². The molecular formula is C25H37FO. The fourth-order valence-corrected chi connectivity index (χ4v) is 6.69. The highest BCUT2D eigenvalue weighted by Gasteiger charge is 2.38. The molecule has 2 heteroatoms. The molecule has 1 nitrogen and oxygen atoms in total. The second kappa shape index (κ2) is 8.53. The van der Waals surface area contributed by atoms with Crippen LogP contribution in [-0.2, 0) is 0 Å². The van der Waals surface area contributed by atoms with Crippen LogP contribution in [0.4, 0.5) is 4.39 Å². The molecule has 0 aliphatic heterocycles.